The summed E-state index contributed by atoms with van der Waals surface area (Å²) < 4.78 is 42.9. The van der Waals surface area contributed by atoms with Gasteiger partial charge in [-0.1, -0.05) is 60.1 Å². The summed E-state index contributed by atoms with van der Waals surface area (Å²) in [6, 6.07) is 14.9. The minimum Gasteiger partial charge on any atom is -0.452 e. The van der Waals surface area contributed by atoms with E-state index in [0.717, 1.165) is 0 Å². The molecule has 1 amide bonds. The third kappa shape index (κ3) is 5.50. The topological polar surface area (TPSA) is 85.4 Å². The van der Waals surface area contributed by atoms with E-state index in [-0.39, 0.29) is 16.9 Å². The number of nitrogens with one attached hydrogen (secondary N) is 1. The zero-order valence-electron chi connectivity index (χ0n) is 16.2. The van der Waals surface area contributed by atoms with Crippen LogP contribution in [0.2, 0.25) is 5.02 Å². The van der Waals surface area contributed by atoms with Crippen LogP contribution in [-0.4, -0.2) is 29.3 Å². The quantitative estimate of drug-likeness (QED) is 0.421. The predicted octanol–water partition coefficient (Wildman–Crippen LogP) is 4.78. The molecule has 0 saturated heterocycles. The molecule has 10 heteroatoms. The number of amides is 1. The van der Waals surface area contributed by atoms with Gasteiger partial charge in [-0.25, -0.2) is 9.78 Å². The second-order valence-electron chi connectivity index (χ2n) is 6.42. The van der Waals surface area contributed by atoms with Crippen LogP contribution in [0.1, 0.15) is 31.8 Å². The molecule has 0 aliphatic carbocycles. The average Bonchev–Trinajstić information content (AvgIpc) is 2.78. The lowest BCUT2D eigenvalue weighted by atomic mass is 9.98. The van der Waals surface area contributed by atoms with E-state index < -0.39 is 41.0 Å². The van der Waals surface area contributed by atoms with E-state index in [1.54, 1.807) is 36.4 Å². The zero-order valence-corrected chi connectivity index (χ0v) is 16.9. The summed E-state index contributed by atoms with van der Waals surface area (Å²) in [5.41, 5.74) is -0.656. The van der Waals surface area contributed by atoms with Crippen molar-refractivity contribution in [3.05, 3.63) is 94.1 Å². The Kier molecular flexibility index (Phi) is 6.89. The van der Waals surface area contributed by atoms with Crippen LogP contribution < -0.4 is 5.32 Å². The van der Waals surface area contributed by atoms with Gasteiger partial charge >= 0.3 is 12.1 Å². The molecule has 0 aliphatic rings. The number of benzene rings is 2. The predicted molar refractivity (Wildman–Crippen MR) is 109 cm³/mol. The number of halogens is 4. The third-order valence-electron chi connectivity index (χ3n) is 4.19. The maximum Gasteiger partial charge on any atom is 0.417 e. The number of rotatable bonds is 6. The third-order valence-corrected chi connectivity index (χ3v) is 4.48. The molecular weight excluding hydrogens is 449 g/mol. The first-order valence-electron chi connectivity index (χ1n) is 9.05. The first-order valence-corrected chi connectivity index (χ1v) is 9.43. The van der Waals surface area contributed by atoms with Gasteiger partial charge in [-0.15, -0.1) is 0 Å². The summed E-state index contributed by atoms with van der Waals surface area (Å²) in [7, 11) is 0. The van der Waals surface area contributed by atoms with Crippen LogP contribution in [0.3, 0.4) is 0 Å². The van der Waals surface area contributed by atoms with Crippen molar-refractivity contribution < 1.29 is 32.3 Å². The van der Waals surface area contributed by atoms with Crippen LogP contribution >= 0.6 is 11.6 Å². The number of anilines is 1. The molecule has 2 aromatic carbocycles. The molecule has 6 nitrogen and oxygen atoms in total. The van der Waals surface area contributed by atoms with Crippen molar-refractivity contribution in [3.8, 4) is 0 Å². The van der Waals surface area contributed by atoms with Gasteiger partial charge in [0.15, 0.2) is 18.2 Å². The van der Waals surface area contributed by atoms with Gasteiger partial charge < -0.3 is 10.1 Å². The first kappa shape index (κ1) is 23.0. The van der Waals surface area contributed by atoms with Crippen molar-refractivity contribution in [2.75, 3.05) is 11.9 Å². The number of ketones is 1. The second-order valence-corrected chi connectivity index (χ2v) is 6.82. The van der Waals surface area contributed by atoms with Crippen LogP contribution in [0, 0.1) is 0 Å². The van der Waals surface area contributed by atoms with Crippen molar-refractivity contribution in [1.82, 2.24) is 4.98 Å². The fourth-order valence-electron chi connectivity index (χ4n) is 2.67. The van der Waals surface area contributed by atoms with Gasteiger partial charge in [-0.05, 0) is 12.1 Å². The Morgan fingerprint density at radius 3 is 2.22 bits per heavy atom. The van der Waals surface area contributed by atoms with E-state index >= 15 is 0 Å². The summed E-state index contributed by atoms with van der Waals surface area (Å²) >= 11 is 5.73. The first-order chi connectivity index (χ1) is 15.2. The molecule has 0 fully saturated rings. The Balaban J connectivity index is 1.67. The highest BCUT2D eigenvalue weighted by Gasteiger charge is 2.31. The highest BCUT2D eigenvalue weighted by Crippen LogP contribution is 2.32. The van der Waals surface area contributed by atoms with Crippen LogP contribution in [0.25, 0.3) is 0 Å². The Bertz CT molecular complexity index is 1170. The summed E-state index contributed by atoms with van der Waals surface area (Å²) in [5.74, 6) is -2.52. The van der Waals surface area contributed by atoms with Crippen molar-refractivity contribution in [3.63, 3.8) is 0 Å². The maximum atomic E-state index is 12.7. The highest BCUT2D eigenvalue weighted by molar-refractivity contribution is 6.33. The molecule has 1 N–H and O–H groups in total. The summed E-state index contributed by atoms with van der Waals surface area (Å²) in [6.07, 6.45) is -4.13. The summed E-state index contributed by atoms with van der Waals surface area (Å²) in [6.45, 7) is -0.772. The molecule has 0 bridgehead atoms. The molecule has 0 saturated carbocycles. The molecule has 3 rings (SSSR count). The number of ether oxygens (including phenoxy) is 1. The Morgan fingerprint density at radius 2 is 1.59 bits per heavy atom. The number of aromatic nitrogens is 1. The maximum absolute atomic E-state index is 12.7. The van der Waals surface area contributed by atoms with Gasteiger partial charge in [-0.2, -0.15) is 13.2 Å². The lowest BCUT2D eigenvalue weighted by molar-refractivity contribution is -0.137. The summed E-state index contributed by atoms with van der Waals surface area (Å²) in [5, 5.41) is 1.73. The number of alkyl halides is 3. The van der Waals surface area contributed by atoms with Crippen LogP contribution in [0.15, 0.2) is 66.9 Å². The molecule has 1 heterocycles. The van der Waals surface area contributed by atoms with E-state index in [2.05, 4.69) is 10.3 Å². The van der Waals surface area contributed by atoms with E-state index in [0.29, 0.717) is 17.8 Å². The van der Waals surface area contributed by atoms with E-state index in [1.807, 2.05) is 0 Å². The fraction of sp³-hybridized carbons (Fsp3) is 0.0909. The molecule has 0 radical (unpaired) electrons. The number of carbonyl (C=O) groups is 3. The zero-order chi connectivity index (χ0) is 23.3. The summed E-state index contributed by atoms with van der Waals surface area (Å²) in [4.78, 5) is 40.7. The molecular formula is C22H14ClF3N2O4. The number of carbonyl (C=O) groups excluding carboxylic acids is 3. The number of hydrogen-bond donors (Lipinski definition) is 1. The van der Waals surface area contributed by atoms with Gasteiger partial charge in [0.25, 0.3) is 5.91 Å². The number of pyridine rings is 1. The normalized spacial score (nSPS) is 11.0. The number of nitrogens with zero attached hydrogens (tertiary/aromatic N) is 1. The standard InChI is InChI=1S/C22H14ClF3N2O4/c23-17-10-14(22(24,25)26)11-27-20(17)28-18(29)12-32-21(31)16-9-5-4-8-15(16)19(30)13-6-2-1-3-7-13/h1-11H,12H2,(H,27,28,29). The van der Waals surface area contributed by atoms with Crippen molar-refractivity contribution >= 4 is 35.1 Å². The van der Waals surface area contributed by atoms with Gasteiger partial charge in [0, 0.05) is 17.3 Å². The number of esters is 1. The smallest absolute Gasteiger partial charge is 0.417 e. The lowest BCUT2D eigenvalue weighted by Gasteiger charge is -2.11. The highest BCUT2D eigenvalue weighted by atomic mass is 35.5. The minimum atomic E-state index is -4.64. The van der Waals surface area contributed by atoms with E-state index in [1.165, 1.54) is 18.2 Å². The monoisotopic (exact) mass is 462 g/mol. The minimum absolute atomic E-state index is 0.0418. The van der Waals surface area contributed by atoms with Gasteiger partial charge in [0.2, 0.25) is 0 Å². The lowest BCUT2D eigenvalue weighted by Crippen LogP contribution is -2.22. The van der Waals surface area contributed by atoms with Crippen molar-refractivity contribution in [1.29, 1.82) is 0 Å². The Labute approximate surface area is 185 Å². The van der Waals surface area contributed by atoms with Crippen molar-refractivity contribution in [2.24, 2.45) is 0 Å². The van der Waals surface area contributed by atoms with Crippen LogP contribution in [0.5, 0.6) is 0 Å². The molecule has 1 aromatic heterocycles. The fourth-order valence-corrected chi connectivity index (χ4v) is 2.88. The SMILES string of the molecule is O=C(COC(=O)c1ccccc1C(=O)c1ccccc1)Nc1ncc(C(F)(F)F)cc1Cl. The molecule has 0 aliphatic heterocycles. The largest absolute Gasteiger partial charge is 0.452 e. The van der Waals surface area contributed by atoms with Gasteiger partial charge in [0.05, 0.1) is 16.1 Å². The van der Waals surface area contributed by atoms with Crippen molar-refractivity contribution in [2.45, 2.75) is 6.18 Å². The Morgan fingerprint density at radius 1 is 0.969 bits per heavy atom. The van der Waals surface area contributed by atoms with Crippen LogP contribution in [0.4, 0.5) is 19.0 Å². The van der Waals surface area contributed by atoms with Gasteiger partial charge in [0.1, 0.15) is 0 Å². The molecule has 3 aromatic rings. The van der Waals surface area contributed by atoms with Crippen LogP contribution in [-0.2, 0) is 15.7 Å². The second kappa shape index (κ2) is 9.61. The number of hydrogen-bond acceptors (Lipinski definition) is 5. The Hall–Kier alpha value is -3.72. The van der Waals surface area contributed by atoms with Gasteiger partial charge in [-0.3, -0.25) is 9.59 Å². The average molecular weight is 463 g/mol. The van der Waals surface area contributed by atoms with E-state index in [4.69, 9.17) is 16.3 Å². The van der Waals surface area contributed by atoms with E-state index in [9.17, 15) is 27.6 Å². The molecule has 0 unspecified atom stereocenters. The molecule has 164 valence electrons. The molecule has 0 atom stereocenters. The molecule has 32 heavy (non-hydrogen) atoms. The molecule has 0 spiro atoms.